The molecule has 0 bridgehead atoms. The van der Waals surface area contributed by atoms with Gasteiger partial charge in [0.25, 0.3) is 0 Å². The van der Waals surface area contributed by atoms with Gasteiger partial charge in [0, 0.05) is 13.2 Å². The third kappa shape index (κ3) is 16.0. The maximum Gasteiger partial charge on any atom is 0.312 e. The quantitative estimate of drug-likeness (QED) is 0.339. The van der Waals surface area contributed by atoms with Gasteiger partial charge in [0.15, 0.2) is 0 Å². The van der Waals surface area contributed by atoms with E-state index in [0.29, 0.717) is 6.61 Å². The van der Waals surface area contributed by atoms with Gasteiger partial charge in [0.05, 0.1) is 13.0 Å². The van der Waals surface area contributed by atoms with Crippen LogP contribution in [0.2, 0.25) is 0 Å². The number of hydrogen-bond acceptors (Lipinski definition) is 3. The molecule has 1 radical (unpaired) electrons. The van der Waals surface area contributed by atoms with Crippen molar-refractivity contribution >= 4 is 0 Å². The highest BCUT2D eigenvalue weighted by Gasteiger charge is 2.25. The summed E-state index contributed by atoms with van der Waals surface area (Å²) in [6.45, 7) is 5.08. The first-order chi connectivity index (χ1) is 10.1. The molecular formula is C17H35O4. The van der Waals surface area contributed by atoms with E-state index in [1.54, 1.807) is 6.92 Å². The van der Waals surface area contributed by atoms with Crippen LogP contribution in [-0.4, -0.2) is 30.9 Å². The monoisotopic (exact) mass is 303 g/mol. The Kier molecular flexibility index (Phi) is 14.7. The van der Waals surface area contributed by atoms with Crippen molar-refractivity contribution in [2.45, 2.75) is 90.4 Å². The zero-order valence-corrected chi connectivity index (χ0v) is 14.1. The minimum absolute atomic E-state index is 0.0153. The lowest BCUT2D eigenvalue weighted by atomic mass is 10.1. The summed E-state index contributed by atoms with van der Waals surface area (Å²) in [5.74, 6) is -2.29. The molecule has 4 heteroatoms. The SMILES string of the molecule is CCCCCCCCCCCCOCCC([O])(O)OCC. The van der Waals surface area contributed by atoms with Gasteiger partial charge in [0.1, 0.15) is 0 Å². The third-order valence-electron chi connectivity index (χ3n) is 3.57. The van der Waals surface area contributed by atoms with Gasteiger partial charge in [-0.25, -0.2) is 0 Å². The zero-order chi connectivity index (χ0) is 15.8. The van der Waals surface area contributed by atoms with Gasteiger partial charge < -0.3 is 14.6 Å². The highest BCUT2D eigenvalue weighted by Crippen LogP contribution is 2.11. The Balaban J connectivity index is 3.12. The van der Waals surface area contributed by atoms with E-state index in [1.165, 1.54) is 57.8 Å². The molecule has 0 aromatic carbocycles. The van der Waals surface area contributed by atoms with E-state index >= 15 is 0 Å². The van der Waals surface area contributed by atoms with Crippen molar-refractivity contribution < 1.29 is 19.7 Å². The molecule has 1 unspecified atom stereocenters. The molecule has 1 atom stereocenters. The normalized spacial score (nSPS) is 12.0. The Morgan fingerprint density at radius 3 is 1.86 bits per heavy atom. The van der Waals surface area contributed by atoms with Crippen LogP contribution in [0.5, 0.6) is 0 Å². The zero-order valence-electron chi connectivity index (χ0n) is 14.1. The van der Waals surface area contributed by atoms with E-state index in [2.05, 4.69) is 11.7 Å². The van der Waals surface area contributed by atoms with Gasteiger partial charge in [-0.3, -0.25) is 0 Å². The number of unbranched alkanes of at least 4 members (excludes halogenated alkanes) is 9. The summed E-state index contributed by atoms with van der Waals surface area (Å²) >= 11 is 0. The van der Waals surface area contributed by atoms with Gasteiger partial charge in [-0.15, -0.1) is 0 Å². The minimum Gasteiger partial charge on any atom is -0.381 e. The van der Waals surface area contributed by atoms with Gasteiger partial charge in [-0.05, 0) is 13.3 Å². The summed E-state index contributed by atoms with van der Waals surface area (Å²) < 4.78 is 10.0. The van der Waals surface area contributed by atoms with Crippen LogP contribution in [0.25, 0.3) is 0 Å². The molecule has 0 aliphatic heterocycles. The second-order valence-corrected chi connectivity index (χ2v) is 5.69. The summed E-state index contributed by atoms with van der Waals surface area (Å²) in [6.07, 6.45) is 13.0. The molecule has 0 rings (SSSR count). The van der Waals surface area contributed by atoms with Crippen LogP contribution in [0.15, 0.2) is 0 Å². The van der Waals surface area contributed by atoms with Gasteiger partial charge >= 0.3 is 5.97 Å². The molecule has 0 aromatic rings. The first-order valence-corrected chi connectivity index (χ1v) is 8.77. The van der Waals surface area contributed by atoms with E-state index in [0.717, 1.165) is 6.42 Å². The first-order valence-electron chi connectivity index (χ1n) is 8.77. The average molecular weight is 303 g/mol. The fraction of sp³-hybridized carbons (Fsp3) is 1.00. The predicted molar refractivity (Wildman–Crippen MR) is 84.5 cm³/mol. The lowest BCUT2D eigenvalue weighted by Crippen LogP contribution is -2.31. The maximum atomic E-state index is 11.3. The Morgan fingerprint density at radius 2 is 1.33 bits per heavy atom. The topological polar surface area (TPSA) is 58.6 Å². The predicted octanol–water partition coefficient (Wildman–Crippen LogP) is 4.43. The second-order valence-electron chi connectivity index (χ2n) is 5.69. The number of aliphatic hydroxyl groups is 1. The molecule has 4 nitrogen and oxygen atoms in total. The van der Waals surface area contributed by atoms with Crippen LogP contribution in [0, 0.1) is 0 Å². The summed E-state index contributed by atoms with van der Waals surface area (Å²) in [5, 5.41) is 20.5. The van der Waals surface area contributed by atoms with E-state index in [-0.39, 0.29) is 19.6 Å². The molecule has 0 aliphatic rings. The van der Waals surface area contributed by atoms with Gasteiger partial charge in [0.2, 0.25) is 0 Å². The van der Waals surface area contributed by atoms with E-state index < -0.39 is 5.97 Å². The van der Waals surface area contributed by atoms with Crippen molar-refractivity contribution in [2.75, 3.05) is 19.8 Å². The average Bonchev–Trinajstić information content (AvgIpc) is 2.44. The van der Waals surface area contributed by atoms with Crippen molar-refractivity contribution in [3.63, 3.8) is 0 Å². The molecule has 0 saturated heterocycles. The highest BCUT2D eigenvalue weighted by molar-refractivity contribution is 4.50. The Bertz CT molecular complexity index is 207. The van der Waals surface area contributed by atoms with Crippen molar-refractivity contribution in [1.82, 2.24) is 0 Å². The van der Waals surface area contributed by atoms with Crippen LogP contribution >= 0.6 is 0 Å². The van der Waals surface area contributed by atoms with Crippen LogP contribution in [-0.2, 0) is 14.6 Å². The summed E-state index contributed by atoms with van der Waals surface area (Å²) in [5.41, 5.74) is 0. The van der Waals surface area contributed by atoms with Crippen molar-refractivity contribution in [1.29, 1.82) is 0 Å². The maximum absolute atomic E-state index is 11.3. The Morgan fingerprint density at radius 1 is 0.810 bits per heavy atom. The summed E-state index contributed by atoms with van der Waals surface area (Å²) in [4.78, 5) is 0. The molecule has 0 fully saturated rings. The van der Waals surface area contributed by atoms with Crippen LogP contribution in [0.3, 0.4) is 0 Å². The fourth-order valence-electron chi connectivity index (χ4n) is 2.29. The van der Waals surface area contributed by atoms with Crippen LogP contribution < -0.4 is 0 Å². The lowest BCUT2D eigenvalue weighted by Gasteiger charge is -2.18. The highest BCUT2D eigenvalue weighted by atomic mass is 16.8. The van der Waals surface area contributed by atoms with Crippen LogP contribution in [0.4, 0.5) is 0 Å². The van der Waals surface area contributed by atoms with Crippen molar-refractivity contribution in [3.05, 3.63) is 0 Å². The standard InChI is InChI=1S/C17H35O4/c1-3-5-6-7-8-9-10-11-12-13-15-20-16-14-17(18,19)21-4-2/h18H,3-16H2,1-2H3. The third-order valence-corrected chi connectivity index (χ3v) is 3.57. The summed E-state index contributed by atoms with van der Waals surface area (Å²) in [7, 11) is 0. The molecule has 0 spiro atoms. The first kappa shape index (κ1) is 20.8. The number of hydrogen-bond donors (Lipinski definition) is 1. The Labute approximate surface area is 130 Å². The van der Waals surface area contributed by atoms with Gasteiger partial charge in [-0.2, -0.15) is 5.11 Å². The van der Waals surface area contributed by atoms with E-state index in [9.17, 15) is 10.2 Å². The molecule has 127 valence electrons. The molecule has 1 N–H and O–H groups in total. The Hall–Kier alpha value is -0.160. The molecule has 0 saturated carbocycles. The minimum atomic E-state index is -2.29. The van der Waals surface area contributed by atoms with E-state index in [4.69, 9.17) is 4.74 Å². The smallest absolute Gasteiger partial charge is 0.312 e. The van der Waals surface area contributed by atoms with Gasteiger partial charge in [-0.1, -0.05) is 64.7 Å². The molecule has 0 aromatic heterocycles. The summed E-state index contributed by atoms with van der Waals surface area (Å²) in [6, 6.07) is 0. The number of rotatable bonds is 16. The van der Waals surface area contributed by atoms with E-state index in [1.807, 2.05) is 0 Å². The molecule has 0 heterocycles. The van der Waals surface area contributed by atoms with Crippen molar-refractivity contribution in [2.24, 2.45) is 0 Å². The van der Waals surface area contributed by atoms with Crippen LogP contribution in [0.1, 0.15) is 84.5 Å². The fourth-order valence-corrected chi connectivity index (χ4v) is 2.29. The van der Waals surface area contributed by atoms with Crippen molar-refractivity contribution in [3.8, 4) is 0 Å². The molecular weight excluding hydrogens is 268 g/mol. The number of ether oxygens (including phenoxy) is 2. The molecule has 0 aliphatic carbocycles. The lowest BCUT2D eigenvalue weighted by molar-refractivity contribution is -0.371. The largest absolute Gasteiger partial charge is 0.381 e. The molecule has 21 heavy (non-hydrogen) atoms. The second kappa shape index (κ2) is 14.8. The molecule has 0 amide bonds.